The van der Waals surface area contributed by atoms with E-state index in [2.05, 4.69) is 36.8 Å². The Kier molecular flexibility index (Phi) is 9.95. The van der Waals surface area contributed by atoms with Gasteiger partial charge >= 0.3 is 17.9 Å². The first-order valence-electron chi connectivity index (χ1n) is 11.7. The van der Waals surface area contributed by atoms with Gasteiger partial charge in [0.05, 0.1) is 12.0 Å². The van der Waals surface area contributed by atoms with Gasteiger partial charge in [-0.3, -0.25) is 18.9 Å². The molecule has 15 nitrogen and oxygen atoms in total. The van der Waals surface area contributed by atoms with Crippen molar-refractivity contribution in [3.63, 3.8) is 0 Å². The Morgan fingerprint density at radius 3 is 2.26 bits per heavy atom. The highest BCUT2D eigenvalue weighted by molar-refractivity contribution is 9.10. The average molecular weight is 667 g/mol. The summed E-state index contributed by atoms with van der Waals surface area (Å²) >= 11 is 3.06. The summed E-state index contributed by atoms with van der Waals surface area (Å²) in [6.07, 6.45) is -0.720. The van der Waals surface area contributed by atoms with E-state index >= 15 is 0 Å². The molecule has 0 aliphatic heterocycles. The van der Waals surface area contributed by atoms with E-state index in [1.54, 1.807) is 13.0 Å². The summed E-state index contributed by atoms with van der Waals surface area (Å²) < 4.78 is 33.7. The van der Waals surface area contributed by atoms with Crippen molar-refractivity contribution in [1.82, 2.24) is 5.32 Å². The molecule has 17 heteroatoms. The number of carbonyl (C=O) groups excluding carboxylic acids is 1. The summed E-state index contributed by atoms with van der Waals surface area (Å²) in [5.74, 6) is -5.40. The maximum absolute atomic E-state index is 12.5. The van der Waals surface area contributed by atoms with Crippen LogP contribution in [0.5, 0.6) is 5.75 Å². The average Bonchev–Trinajstić information content (AvgIpc) is 2.89. The van der Waals surface area contributed by atoms with Crippen molar-refractivity contribution < 1.29 is 52.6 Å². The largest absolute Gasteiger partial charge is 0.505 e. The number of hydrogen-bond acceptors (Lipinski definition) is 10. The van der Waals surface area contributed by atoms with Crippen LogP contribution in [0.15, 0.2) is 57.6 Å². The van der Waals surface area contributed by atoms with Crippen LogP contribution in [0, 0.1) is 6.92 Å². The van der Waals surface area contributed by atoms with Gasteiger partial charge in [-0.1, -0.05) is 34.1 Å². The number of carbonyl (C=O) groups is 4. The lowest BCUT2D eigenvalue weighted by molar-refractivity contribution is -0.145. The summed E-state index contributed by atoms with van der Waals surface area (Å²) in [7, 11) is -4.74. The van der Waals surface area contributed by atoms with Crippen LogP contribution in [0.3, 0.4) is 0 Å². The van der Waals surface area contributed by atoms with Gasteiger partial charge in [-0.25, -0.2) is 4.79 Å². The van der Waals surface area contributed by atoms with Gasteiger partial charge < -0.3 is 31.1 Å². The molecule has 0 aromatic heterocycles. The maximum Gasteiger partial charge on any atom is 0.338 e. The Morgan fingerprint density at radius 2 is 1.67 bits per heavy atom. The van der Waals surface area contributed by atoms with Gasteiger partial charge in [-0.15, -0.1) is 10.2 Å². The predicted octanol–water partition coefficient (Wildman–Crippen LogP) is 3.43. The highest BCUT2D eigenvalue weighted by atomic mass is 79.9. The number of amides is 1. The van der Waals surface area contributed by atoms with Crippen LogP contribution in [0.4, 0.5) is 17.1 Å². The number of fused-ring (bicyclic) bond motifs is 1. The number of rotatable bonds is 12. The predicted molar refractivity (Wildman–Crippen MR) is 151 cm³/mol. The number of halogens is 1. The van der Waals surface area contributed by atoms with Crippen LogP contribution >= 0.6 is 15.9 Å². The lowest BCUT2D eigenvalue weighted by Crippen LogP contribution is -2.43. The first-order valence-corrected chi connectivity index (χ1v) is 14.1. The van der Waals surface area contributed by atoms with Gasteiger partial charge in [0, 0.05) is 23.0 Å². The summed E-state index contributed by atoms with van der Waals surface area (Å²) in [6.45, 7) is 1.33. The van der Waals surface area contributed by atoms with Gasteiger partial charge in [0.2, 0.25) is 5.91 Å². The van der Waals surface area contributed by atoms with E-state index in [0.717, 1.165) is 12.1 Å². The fourth-order valence-electron chi connectivity index (χ4n) is 3.84. The monoisotopic (exact) mass is 666 g/mol. The number of phenols is 1. The van der Waals surface area contributed by atoms with Crippen molar-refractivity contribution in [3.8, 4) is 5.75 Å². The topological polar surface area (TPSA) is 252 Å². The minimum atomic E-state index is -4.74. The van der Waals surface area contributed by atoms with Crippen molar-refractivity contribution in [1.29, 1.82) is 0 Å². The van der Waals surface area contributed by atoms with Crippen molar-refractivity contribution in [2.24, 2.45) is 10.2 Å². The van der Waals surface area contributed by atoms with Gasteiger partial charge in [0.25, 0.3) is 10.1 Å². The zero-order chi connectivity index (χ0) is 31.4. The zero-order valence-electron chi connectivity index (χ0n) is 21.5. The molecule has 0 saturated heterocycles. The van der Waals surface area contributed by atoms with Crippen molar-refractivity contribution in [2.75, 3.05) is 11.9 Å². The molecule has 2 unspecified atom stereocenters. The number of anilines is 1. The number of nitrogens with zero attached hydrogens (tertiary/aromatic N) is 2. The van der Waals surface area contributed by atoms with E-state index in [9.17, 15) is 42.4 Å². The molecule has 1 amide bonds. The highest BCUT2D eigenvalue weighted by Gasteiger charge is 2.24. The van der Waals surface area contributed by atoms with Crippen LogP contribution in [0.1, 0.15) is 22.3 Å². The second-order valence-electron chi connectivity index (χ2n) is 8.81. The Labute approximate surface area is 245 Å². The molecule has 0 aliphatic carbocycles. The highest BCUT2D eigenvalue weighted by Crippen LogP contribution is 2.41. The van der Waals surface area contributed by atoms with Crippen LogP contribution in [0.25, 0.3) is 10.8 Å². The fourth-order valence-corrected chi connectivity index (χ4v) is 4.85. The summed E-state index contributed by atoms with van der Waals surface area (Å²) in [4.78, 5) is 44.8. The molecule has 0 radical (unpaired) electrons. The molecular formula is C25H23BrN4O11S. The van der Waals surface area contributed by atoms with E-state index < -0.39 is 67.4 Å². The molecule has 0 fully saturated rings. The maximum atomic E-state index is 12.5. The van der Waals surface area contributed by atoms with E-state index in [1.807, 2.05) is 0 Å². The van der Waals surface area contributed by atoms with E-state index in [-0.39, 0.29) is 34.4 Å². The Balaban J connectivity index is 1.87. The third-order valence-electron chi connectivity index (χ3n) is 5.83. The molecule has 7 N–H and O–H groups in total. The number of aromatic hydroxyl groups is 1. The third-order valence-corrected chi connectivity index (χ3v) is 7.46. The fraction of sp³-hybridized carbons (Fsp3) is 0.200. The molecule has 3 rings (SSSR count). The molecular weight excluding hydrogens is 644 g/mol. The van der Waals surface area contributed by atoms with Gasteiger partial charge in [0.15, 0.2) is 5.75 Å². The molecule has 0 bridgehead atoms. The molecule has 222 valence electrons. The second-order valence-corrected chi connectivity index (χ2v) is 11.3. The van der Waals surface area contributed by atoms with Crippen LogP contribution < -0.4 is 10.6 Å². The molecule has 0 spiro atoms. The number of azo groups is 1. The van der Waals surface area contributed by atoms with Crippen LogP contribution in [0.2, 0.25) is 0 Å². The first-order chi connectivity index (χ1) is 19.6. The first kappa shape index (κ1) is 32.1. The molecule has 3 aromatic carbocycles. The lowest BCUT2D eigenvalue weighted by Gasteiger charge is -2.16. The van der Waals surface area contributed by atoms with Gasteiger partial charge in [-0.2, -0.15) is 8.42 Å². The number of alkyl halides is 1. The SMILES string of the molecule is Cc1cccc2c(S(=O)(=O)O)cc(N=Nc3ccc(NC(=O)C(Br)CNC(CC(=O)O)C(=O)O)cc3C(=O)O)c(O)c12. The van der Waals surface area contributed by atoms with Crippen molar-refractivity contribution in [2.45, 2.75) is 29.1 Å². The van der Waals surface area contributed by atoms with Crippen molar-refractivity contribution in [3.05, 3.63) is 53.6 Å². The summed E-state index contributed by atoms with van der Waals surface area (Å²) in [6, 6.07) is 7.48. The Morgan fingerprint density at radius 1 is 1.00 bits per heavy atom. The number of aliphatic carboxylic acids is 2. The number of carboxylic acid groups (broad SMARTS) is 3. The number of nitrogens with one attached hydrogen (secondary N) is 2. The number of phenolic OH excluding ortho intramolecular Hbond substituents is 1. The normalized spacial score (nSPS) is 13.1. The van der Waals surface area contributed by atoms with E-state index in [4.69, 9.17) is 10.2 Å². The van der Waals surface area contributed by atoms with E-state index in [1.165, 1.54) is 24.3 Å². The number of benzene rings is 3. The summed E-state index contributed by atoms with van der Waals surface area (Å²) in [5.41, 5.74) is -0.541. The number of aryl methyl sites for hydroxylation is 1. The minimum absolute atomic E-state index is 0.0129. The van der Waals surface area contributed by atoms with Gasteiger partial charge in [-0.05, 0) is 36.8 Å². The molecule has 42 heavy (non-hydrogen) atoms. The minimum Gasteiger partial charge on any atom is -0.505 e. The van der Waals surface area contributed by atoms with Gasteiger partial charge in [0.1, 0.15) is 27.1 Å². The molecule has 0 heterocycles. The number of carboxylic acids is 3. The molecule has 3 aromatic rings. The summed E-state index contributed by atoms with van der Waals surface area (Å²) in [5, 5.41) is 51.0. The lowest BCUT2D eigenvalue weighted by atomic mass is 10.0. The number of hydrogen-bond donors (Lipinski definition) is 7. The smallest absolute Gasteiger partial charge is 0.338 e. The molecule has 0 saturated carbocycles. The molecule has 2 atom stereocenters. The Hall–Kier alpha value is -4.45. The van der Waals surface area contributed by atoms with Crippen LogP contribution in [-0.4, -0.2) is 74.6 Å². The zero-order valence-corrected chi connectivity index (χ0v) is 23.9. The Bertz CT molecular complexity index is 1730. The standard InChI is InChI=1S/C25H23BrN4O11S/c1-11-3-2-4-13-19(42(39,40)41)8-17(22(33)21(11)13)30-29-16-6-5-12(7-14(16)24(35)36)28-23(34)15(26)10-27-18(25(37)38)9-20(31)32/h2-8,15,18,27,33H,9-10H2,1H3,(H,28,34)(H,31,32)(H,35,36)(H,37,38)(H,39,40,41). The second kappa shape index (κ2) is 13.0. The van der Waals surface area contributed by atoms with Crippen LogP contribution in [-0.2, 0) is 24.5 Å². The molecule has 0 aliphatic rings. The quantitative estimate of drug-likeness (QED) is 0.0833. The third kappa shape index (κ3) is 7.64. The van der Waals surface area contributed by atoms with Crippen molar-refractivity contribution >= 4 is 77.7 Å². The number of aromatic carboxylic acids is 1. The van der Waals surface area contributed by atoms with E-state index in [0.29, 0.717) is 5.56 Å².